The number of hydrogen-bond donors (Lipinski definition) is 2. The third-order valence-electron chi connectivity index (χ3n) is 6.04. The van der Waals surface area contributed by atoms with Crippen molar-refractivity contribution < 1.29 is 0 Å². The van der Waals surface area contributed by atoms with Gasteiger partial charge in [-0.3, -0.25) is 0 Å². The molecule has 20 heavy (non-hydrogen) atoms. The minimum atomic E-state index is 0.391. The average Bonchev–Trinajstić information content (AvgIpc) is 2.68. The van der Waals surface area contributed by atoms with Crippen LogP contribution >= 0.6 is 0 Å². The molecule has 2 atom stereocenters. The molecule has 3 heteroatoms. The van der Waals surface area contributed by atoms with Crippen LogP contribution in [0.25, 0.3) is 0 Å². The molecular formula is C17H27N3. The lowest BCUT2D eigenvalue weighted by atomic mass is 9.43. The molecule has 4 bridgehead atoms. The van der Waals surface area contributed by atoms with Crippen LogP contribution in [0, 0.1) is 23.7 Å². The third kappa shape index (κ3) is 2.02. The second-order valence-electron chi connectivity index (χ2n) is 8.76. The van der Waals surface area contributed by atoms with Crippen molar-refractivity contribution in [2.75, 3.05) is 0 Å². The predicted octanol–water partition coefficient (Wildman–Crippen LogP) is 3.56. The Morgan fingerprint density at radius 1 is 1.20 bits per heavy atom. The molecule has 0 aliphatic heterocycles. The smallest absolute Gasteiger partial charge is 0.103 e. The first-order valence-electron chi connectivity index (χ1n) is 8.13. The summed E-state index contributed by atoms with van der Waals surface area (Å²) < 4.78 is 0. The lowest BCUT2D eigenvalue weighted by molar-refractivity contribution is -0.118. The second-order valence-corrected chi connectivity index (χ2v) is 8.76. The Balaban J connectivity index is 1.55. The summed E-state index contributed by atoms with van der Waals surface area (Å²) >= 11 is 0. The first kappa shape index (κ1) is 12.9. The van der Waals surface area contributed by atoms with Gasteiger partial charge in [-0.05, 0) is 62.2 Å². The lowest BCUT2D eigenvalue weighted by Crippen LogP contribution is -2.63. The van der Waals surface area contributed by atoms with Crippen molar-refractivity contribution >= 4 is 0 Å². The van der Waals surface area contributed by atoms with E-state index in [9.17, 15) is 0 Å². The quantitative estimate of drug-likeness (QED) is 0.884. The van der Waals surface area contributed by atoms with Crippen LogP contribution in [0.2, 0.25) is 0 Å². The van der Waals surface area contributed by atoms with Gasteiger partial charge in [-0.15, -0.1) is 0 Å². The first-order chi connectivity index (χ1) is 9.38. The maximum absolute atomic E-state index is 4.31. The standard InChI is InChI=1S/C17H27N3/c1-12-18-7-14(20-12)8-19-17-6-13-4-15(2,10-17)9-16(3,5-13)11-17/h7,13,19H,4-6,8-11H2,1-3H3,(H,18,20). The van der Waals surface area contributed by atoms with Crippen LogP contribution in [0.4, 0.5) is 0 Å². The summed E-state index contributed by atoms with van der Waals surface area (Å²) in [7, 11) is 0. The van der Waals surface area contributed by atoms with Gasteiger partial charge in [-0.1, -0.05) is 13.8 Å². The van der Waals surface area contributed by atoms with Gasteiger partial charge in [0.25, 0.3) is 0 Å². The summed E-state index contributed by atoms with van der Waals surface area (Å²) in [5, 5.41) is 3.94. The summed E-state index contributed by atoms with van der Waals surface area (Å²) in [6.07, 6.45) is 10.5. The van der Waals surface area contributed by atoms with Gasteiger partial charge in [-0.2, -0.15) is 0 Å². The normalized spacial score (nSPS) is 46.0. The van der Waals surface area contributed by atoms with E-state index in [0.717, 1.165) is 18.3 Å². The van der Waals surface area contributed by atoms with Crippen molar-refractivity contribution in [3.8, 4) is 0 Å². The highest BCUT2D eigenvalue weighted by Gasteiger charge is 2.59. The van der Waals surface area contributed by atoms with E-state index in [-0.39, 0.29) is 0 Å². The number of imidazole rings is 1. The van der Waals surface area contributed by atoms with Gasteiger partial charge in [0.2, 0.25) is 0 Å². The fraction of sp³-hybridized carbons (Fsp3) is 0.824. The number of nitrogens with zero attached hydrogens (tertiary/aromatic N) is 1. The van der Waals surface area contributed by atoms with Crippen molar-refractivity contribution in [3.05, 3.63) is 17.7 Å². The van der Waals surface area contributed by atoms with Gasteiger partial charge in [0.05, 0.1) is 0 Å². The highest BCUT2D eigenvalue weighted by molar-refractivity contribution is 5.15. The Hall–Kier alpha value is -0.830. The number of H-pyrrole nitrogens is 1. The van der Waals surface area contributed by atoms with E-state index in [1.54, 1.807) is 0 Å². The van der Waals surface area contributed by atoms with Crippen LogP contribution in [0.15, 0.2) is 6.20 Å². The molecule has 1 heterocycles. The van der Waals surface area contributed by atoms with Crippen LogP contribution in [-0.2, 0) is 6.54 Å². The summed E-state index contributed by atoms with van der Waals surface area (Å²) in [4.78, 5) is 7.67. The Morgan fingerprint density at radius 3 is 2.45 bits per heavy atom. The molecule has 110 valence electrons. The zero-order chi connectivity index (χ0) is 14.0. The van der Waals surface area contributed by atoms with Crippen LogP contribution < -0.4 is 5.32 Å². The maximum Gasteiger partial charge on any atom is 0.103 e. The van der Waals surface area contributed by atoms with Crippen molar-refractivity contribution in [1.29, 1.82) is 0 Å². The van der Waals surface area contributed by atoms with E-state index >= 15 is 0 Å². The third-order valence-corrected chi connectivity index (χ3v) is 6.04. The molecule has 4 aliphatic rings. The summed E-state index contributed by atoms with van der Waals surface area (Å²) in [5.41, 5.74) is 2.80. The van der Waals surface area contributed by atoms with E-state index in [1.165, 1.54) is 44.2 Å². The highest BCUT2D eigenvalue weighted by atomic mass is 15.0. The molecule has 4 fully saturated rings. The second kappa shape index (κ2) is 3.88. The van der Waals surface area contributed by atoms with Gasteiger partial charge in [-0.25, -0.2) is 4.98 Å². The van der Waals surface area contributed by atoms with Crippen LogP contribution in [0.3, 0.4) is 0 Å². The molecule has 3 nitrogen and oxygen atoms in total. The van der Waals surface area contributed by atoms with Gasteiger partial charge < -0.3 is 10.3 Å². The molecule has 0 amide bonds. The summed E-state index contributed by atoms with van der Waals surface area (Å²) in [6, 6.07) is 0. The number of aromatic amines is 1. The predicted molar refractivity (Wildman–Crippen MR) is 80.3 cm³/mol. The Kier molecular flexibility index (Phi) is 2.50. The van der Waals surface area contributed by atoms with E-state index in [2.05, 4.69) is 29.1 Å². The van der Waals surface area contributed by atoms with Crippen molar-refractivity contribution in [2.45, 2.75) is 71.4 Å². The molecule has 0 radical (unpaired) electrons. The Labute approximate surface area is 122 Å². The molecule has 1 aromatic rings. The first-order valence-corrected chi connectivity index (χ1v) is 8.13. The average molecular weight is 273 g/mol. The number of hydrogen-bond acceptors (Lipinski definition) is 2. The molecule has 2 unspecified atom stereocenters. The summed E-state index contributed by atoms with van der Waals surface area (Å²) in [6.45, 7) is 8.04. The number of nitrogens with one attached hydrogen (secondary N) is 2. The molecule has 2 N–H and O–H groups in total. The molecule has 4 aliphatic carbocycles. The van der Waals surface area contributed by atoms with Crippen molar-refractivity contribution in [1.82, 2.24) is 15.3 Å². The lowest BCUT2D eigenvalue weighted by Gasteiger charge is -2.65. The minimum Gasteiger partial charge on any atom is -0.345 e. The zero-order valence-corrected chi connectivity index (χ0v) is 13.1. The van der Waals surface area contributed by atoms with Crippen molar-refractivity contribution in [2.24, 2.45) is 16.7 Å². The molecule has 0 spiro atoms. The van der Waals surface area contributed by atoms with E-state index in [1.807, 2.05) is 13.1 Å². The molecular weight excluding hydrogens is 246 g/mol. The largest absolute Gasteiger partial charge is 0.345 e. The molecule has 1 aromatic heterocycles. The minimum absolute atomic E-state index is 0.391. The van der Waals surface area contributed by atoms with Crippen LogP contribution in [0.1, 0.15) is 63.9 Å². The van der Waals surface area contributed by atoms with Gasteiger partial charge >= 0.3 is 0 Å². The number of aryl methyl sites for hydroxylation is 1. The topological polar surface area (TPSA) is 40.7 Å². The molecule has 4 saturated carbocycles. The fourth-order valence-corrected chi connectivity index (χ4v) is 6.49. The zero-order valence-electron chi connectivity index (χ0n) is 13.1. The monoisotopic (exact) mass is 273 g/mol. The Bertz CT molecular complexity index is 514. The number of aromatic nitrogens is 2. The molecule has 0 aromatic carbocycles. The number of rotatable bonds is 3. The Morgan fingerprint density at radius 2 is 1.90 bits per heavy atom. The van der Waals surface area contributed by atoms with E-state index in [0.29, 0.717) is 16.4 Å². The van der Waals surface area contributed by atoms with E-state index < -0.39 is 0 Å². The van der Waals surface area contributed by atoms with Gasteiger partial charge in [0, 0.05) is 24.0 Å². The molecule has 5 rings (SSSR count). The fourth-order valence-electron chi connectivity index (χ4n) is 6.49. The van der Waals surface area contributed by atoms with Gasteiger partial charge in [0.1, 0.15) is 5.82 Å². The van der Waals surface area contributed by atoms with Crippen LogP contribution in [-0.4, -0.2) is 15.5 Å². The summed E-state index contributed by atoms with van der Waals surface area (Å²) in [5.74, 6) is 1.98. The van der Waals surface area contributed by atoms with Crippen LogP contribution in [0.5, 0.6) is 0 Å². The van der Waals surface area contributed by atoms with Gasteiger partial charge in [0.15, 0.2) is 0 Å². The van der Waals surface area contributed by atoms with Crippen molar-refractivity contribution in [3.63, 3.8) is 0 Å². The van der Waals surface area contributed by atoms with E-state index in [4.69, 9.17) is 0 Å². The SMILES string of the molecule is Cc1ncc(CNC23CC4CC(C)(CC(C)(C4)C2)C3)[nH]1. The molecule has 0 saturated heterocycles. The highest BCUT2D eigenvalue weighted by Crippen LogP contribution is 2.66. The maximum atomic E-state index is 4.31.